The molecule has 0 saturated carbocycles. The van der Waals surface area contributed by atoms with Crippen molar-refractivity contribution in [2.45, 2.75) is 52.5 Å². The third kappa shape index (κ3) is 4.80. The number of rotatable bonds is 5. The van der Waals surface area contributed by atoms with Crippen LogP contribution in [0.25, 0.3) is 33.9 Å². The number of aromatic amines is 1. The lowest BCUT2D eigenvalue weighted by atomic mass is 9.96. The Kier molecular flexibility index (Phi) is 6.05. The van der Waals surface area contributed by atoms with Crippen molar-refractivity contribution in [1.82, 2.24) is 24.8 Å². The van der Waals surface area contributed by atoms with Crippen LogP contribution < -0.4 is 0 Å². The van der Waals surface area contributed by atoms with Crippen molar-refractivity contribution in [3.8, 4) is 33.9 Å². The topological polar surface area (TPSA) is 57.7 Å². The molecule has 1 fully saturated rings. The summed E-state index contributed by atoms with van der Waals surface area (Å²) < 4.78 is 0. The summed E-state index contributed by atoms with van der Waals surface area (Å²) in [6.07, 6.45) is 4.51. The summed E-state index contributed by atoms with van der Waals surface area (Å²) in [5, 5.41) is 0. The van der Waals surface area contributed by atoms with Crippen LogP contribution in [0.2, 0.25) is 0 Å². The highest BCUT2D eigenvalue weighted by Crippen LogP contribution is 2.34. The second-order valence-electron chi connectivity index (χ2n) is 10.3. The van der Waals surface area contributed by atoms with Crippen LogP contribution in [0.15, 0.2) is 60.8 Å². The maximum atomic E-state index is 5.04. The second-order valence-corrected chi connectivity index (χ2v) is 10.3. The summed E-state index contributed by atoms with van der Waals surface area (Å²) in [5.41, 5.74) is 8.12. The first-order valence-electron chi connectivity index (χ1n) is 12.2. The fourth-order valence-corrected chi connectivity index (χ4v) is 4.52. The molecule has 0 atom stereocenters. The minimum Gasteiger partial charge on any atom is -0.340 e. The first-order valence-corrected chi connectivity index (χ1v) is 12.2. The van der Waals surface area contributed by atoms with Crippen LogP contribution >= 0.6 is 0 Å². The van der Waals surface area contributed by atoms with Crippen molar-refractivity contribution >= 4 is 0 Å². The van der Waals surface area contributed by atoms with Gasteiger partial charge in [-0.25, -0.2) is 4.98 Å². The largest absolute Gasteiger partial charge is 0.340 e. The van der Waals surface area contributed by atoms with Gasteiger partial charge < -0.3 is 4.98 Å². The van der Waals surface area contributed by atoms with E-state index in [-0.39, 0.29) is 5.41 Å². The Balaban J connectivity index is 1.50. The Labute approximate surface area is 202 Å². The van der Waals surface area contributed by atoms with E-state index in [0.29, 0.717) is 0 Å². The smallest absolute Gasteiger partial charge is 0.112 e. The van der Waals surface area contributed by atoms with Crippen molar-refractivity contribution in [2.75, 3.05) is 13.1 Å². The molecule has 1 aromatic carbocycles. The van der Waals surface area contributed by atoms with E-state index in [9.17, 15) is 0 Å². The fourth-order valence-electron chi connectivity index (χ4n) is 4.52. The number of H-pyrrole nitrogens is 1. The number of hydrogen-bond acceptors (Lipinski definition) is 4. The molecule has 5 nitrogen and oxygen atoms in total. The molecule has 0 spiro atoms. The van der Waals surface area contributed by atoms with Gasteiger partial charge in [-0.15, -0.1) is 0 Å². The molecule has 0 amide bonds. The van der Waals surface area contributed by atoms with Crippen LogP contribution in [0, 0.1) is 6.92 Å². The first-order chi connectivity index (χ1) is 16.4. The van der Waals surface area contributed by atoms with E-state index < -0.39 is 0 Å². The molecule has 5 rings (SSSR count). The number of imidazole rings is 1. The lowest BCUT2D eigenvalue weighted by Crippen LogP contribution is -2.18. The zero-order chi connectivity index (χ0) is 23.7. The highest BCUT2D eigenvalue weighted by molar-refractivity contribution is 5.79. The maximum absolute atomic E-state index is 5.04. The number of hydrogen-bond donors (Lipinski definition) is 1. The van der Waals surface area contributed by atoms with E-state index in [4.69, 9.17) is 9.97 Å². The molecule has 5 heteroatoms. The summed E-state index contributed by atoms with van der Waals surface area (Å²) in [6, 6.07) is 19.1. The molecule has 0 unspecified atom stereocenters. The van der Waals surface area contributed by atoms with Crippen LogP contribution in [0.4, 0.5) is 0 Å². The van der Waals surface area contributed by atoms with Gasteiger partial charge in [0, 0.05) is 35.0 Å². The fraction of sp³-hybridized carbons (Fsp3) is 0.345. The number of nitrogens with one attached hydrogen (secondary N) is 1. The number of likely N-dealkylation sites (tertiary alicyclic amines) is 1. The van der Waals surface area contributed by atoms with Crippen molar-refractivity contribution in [3.05, 3.63) is 77.9 Å². The van der Waals surface area contributed by atoms with Gasteiger partial charge in [-0.05, 0) is 62.7 Å². The van der Waals surface area contributed by atoms with Gasteiger partial charge >= 0.3 is 0 Å². The zero-order valence-corrected chi connectivity index (χ0v) is 20.6. The average Bonchev–Trinajstić information content (AvgIpc) is 3.50. The monoisotopic (exact) mass is 451 g/mol. The van der Waals surface area contributed by atoms with Gasteiger partial charge in [0.25, 0.3) is 0 Å². The number of aromatic nitrogens is 4. The quantitative estimate of drug-likeness (QED) is 0.381. The standard InChI is InChI=1S/C29H33N5/c1-20-8-7-9-24(31-20)27-26(32-28(33-27)29(2,3)4)23-14-15-30-25(18-23)22-12-10-21(11-13-22)19-34-16-5-6-17-34/h7-15,18H,5-6,16-17,19H2,1-4H3,(H,32,33). The highest BCUT2D eigenvalue weighted by Gasteiger charge is 2.23. The molecule has 4 heterocycles. The summed E-state index contributed by atoms with van der Waals surface area (Å²) >= 11 is 0. The van der Waals surface area contributed by atoms with E-state index in [0.717, 1.165) is 52.0 Å². The Morgan fingerprint density at radius 3 is 2.35 bits per heavy atom. The Morgan fingerprint density at radius 1 is 0.882 bits per heavy atom. The van der Waals surface area contributed by atoms with E-state index in [2.05, 4.69) is 66.0 Å². The third-order valence-electron chi connectivity index (χ3n) is 6.45. The van der Waals surface area contributed by atoms with Gasteiger partial charge in [0.1, 0.15) is 5.82 Å². The molecule has 4 aromatic rings. The molecule has 1 N–H and O–H groups in total. The molecule has 0 bridgehead atoms. The Hall–Kier alpha value is -3.31. The molecule has 1 aliphatic heterocycles. The average molecular weight is 452 g/mol. The molecule has 0 radical (unpaired) electrons. The normalized spacial score (nSPS) is 14.6. The van der Waals surface area contributed by atoms with Crippen LogP contribution in [-0.4, -0.2) is 37.9 Å². The summed E-state index contributed by atoms with van der Waals surface area (Å²) in [6.45, 7) is 12.0. The van der Waals surface area contributed by atoms with Crippen molar-refractivity contribution in [2.24, 2.45) is 0 Å². The van der Waals surface area contributed by atoms with Gasteiger partial charge in [0.15, 0.2) is 0 Å². The summed E-state index contributed by atoms with van der Waals surface area (Å²) in [5.74, 6) is 0.949. The van der Waals surface area contributed by atoms with Crippen LogP contribution in [-0.2, 0) is 12.0 Å². The Bertz CT molecular complexity index is 1270. The third-order valence-corrected chi connectivity index (χ3v) is 6.45. The van der Waals surface area contributed by atoms with Gasteiger partial charge in [-0.2, -0.15) is 0 Å². The molecule has 1 saturated heterocycles. The summed E-state index contributed by atoms with van der Waals surface area (Å²) in [7, 11) is 0. The lowest BCUT2D eigenvalue weighted by Gasteiger charge is -2.14. The molecule has 1 aliphatic rings. The SMILES string of the molecule is Cc1cccc(-c2[nH]c(C(C)(C)C)nc2-c2ccnc(-c3ccc(CN4CCCC4)cc3)c2)n1. The van der Waals surface area contributed by atoms with Crippen LogP contribution in [0.5, 0.6) is 0 Å². The van der Waals surface area contributed by atoms with Crippen molar-refractivity contribution in [3.63, 3.8) is 0 Å². The highest BCUT2D eigenvalue weighted by atomic mass is 15.1. The van der Waals surface area contributed by atoms with Gasteiger partial charge in [-0.3, -0.25) is 14.9 Å². The second kappa shape index (κ2) is 9.15. The Morgan fingerprint density at radius 2 is 1.65 bits per heavy atom. The van der Waals surface area contributed by atoms with E-state index >= 15 is 0 Å². The van der Waals surface area contributed by atoms with E-state index in [1.165, 1.54) is 31.5 Å². The minimum atomic E-state index is -0.0993. The van der Waals surface area contributed by atoms with Crippen LogP contribution in [0.1, 0.15) is 50.7 Å². The predicted molar refractivity (Wildman–Crippen MR) is 138 cm³/mol. The van der Waals surface area contributed by atoms with Gasteiger partial charge in [-0.1, -0.05) is 51.1 Å². The van der Waals surface area contributed by atoms with Crippen molar-refractivity contribution < 1.29 is 0 Å². The van der Waals surface area contributed by atoms with Gasteiger partial charge in [0.05, 0.1) is 22.8 Å². The van der Waals surface area contributed by atoms with E-state index in [1.807, 2.05) is 37.4 Å². The van der Waals surface area contributed by atoms with Gasteiger partial charge in [0.2, 0.25) is 0 Å². The molecule has 3 aromatic heterocycles. The number of pyridine rings is 2. The molecule has 174 valence electrons. The molecule has 0 aliphatic carbocycles. The molecular formula is C29H33N5. The zero-order valence-electron chi connectivity index (χ0n) is 20.6. The lowest BCUT2D eigenvalue weighted by molar-refractivity contribution is 0.331. The number of aryl methyl sites for hydroxylation is 1. The van der Waals surface area contributed by atoms with Crippen LogP contribution in [0.3, 0.4) is 0 Å². The number of nitrogens with zero attached hydrogens (tertiary/aromatic N) is 4. The van der Waals surface area contributed by atoms with E-state index in [1.54, 1.807) is 0 Å². The summed E-state index contributed by atoms with van der Waals surface area (Å²) in [4.78, 5) is 20.6. The van der Waals surface area contributed by atoms with Crippen molar-refractivity contribution in [1.29, 1.82) is 0 Å². The molecule has 34 heavy (non-hydrogen) atoms. The number of benzene rings is 1. The maximum Gasteiger partial charge on any atom is 0.112 e. The molecular weight excluding hydrogens is 418 g/mol. The predicted octanol–water partition coefficient (Wildman–Crippen LogP) is 6.40. The first kappa shape index (κ1) is 22.5. The minimum absolute atomic E-state index is 0.0993.